The quantitative estimate of drug-likeness (QED) is 0.492. The van der Waals surface area contributed by atoms with Gasteiger partial charge in [-0.1, -0.05) is 0 Å². The molecule has 0 saturated heterocycles. The molecule has 10 nitrogen and oxygen atoms in total. The lowest BCUT2D eigenvalue weighted by molar-refractivity contribution is 0.0920. The van der Waals surface area contributed by atoms with Crippen LogP contribution in [0.4, 0.5) is 17.6 Å². The minimum Gasteiger partial charge on any atom is -0.348 e. The molecule has 3 N–H and O–H groups in total. The number of hydrogen-bond donors (Lipinski definition) is 3. The van der Waals surface area contributed by atoms with Crippen LogP contribution >= 0.6 is 0 Å². The van der Waals surface area contributed by atoms with Crippen LogP contribution in [0.3, 0.4) is 0 Å². The first-order valence-corrected chi connectivity index (χ1v) is 11.6. The van der Waals surface area contributed by atoms with Gasteiger partial charge in [0, 0.05) is 49.2 Å². The number of nitrogens with one attached hydrogen (secondary N) is 3. The highest BCUT2D eigenvalue weighted by Crippen LogP contribution is 2.39. The molecular formula is C24H27N9O. The molecule has 3 heterocycles. The molecule has 2 saturated carbocycles. The fourth-order valence-electron chi connectivity index (χ4n) is 4.35. The van der Waals surface area contributed by atoms with Crippen molar-refractivity contribution < 1.29 is 4.79 Å². The number of anilines is 3. The van der Waals surface area contributed by atoms with Gasteiger partial charge in [-0.25, -0.2) is 9.97 Å². The molecule has 3 aromatic heterocycles. The number of nitrogens with zero attached hydrogens (tertiary/aromatic N) is 6. The smallest absolute Gasteiger partial charge is 0.270 e. The van der Waals surface area contributed by atoms with Crippen molar-refractivity contribution in [2.45, 2.75) is 56.5 Å². The Kier molecular flexibility index (Phi) is 6.08. The molecule has 174 valence electrons. The summed E-state index contributed by atoms with van der Waals surface area (Å²) < 4.78 is 0. The largest absolute Gasteiger partial charge is 0.348 e. The van der Waals surface area contributed by atoms with E-state index in [0.717, 1.165) is 31.5 Å². The molecule has 3 aromatic rings. The van der Waals surface area contributed by atoms with Crippen molar-refractivity contribution in [1.29, 1.82) is 5.26 Å². The summed E-state index contributed by atoms with van der Waals surface area (Å²) in [7, 11) is 2.02. The van der Waals surface area contributed by atoms with Crippen LogP contribution < -0.4 is 15.5 Å². The monoisotopic (exact) mass is 457 g/mol. The predicted octanol–water partition coefficient (Wildman–Crippen LogP) is 3.26. The molecule has 34 heavy (non-hydrogen) atoms. The molecule has 0 atom stereocenters. The van der Waals surface area contributed by atoms with E-state index in [1.54, 1.807) is 18.3 Å². The SMILES string of the molecule is CN(c1nccc(Nc2cc(C3CC3)[nH]n2)n1)C1CCC(NC(=O)c2ccc(C#N)cn2)CC1. The van der Waals surface area contributed by atoms with Crippen molar-refractivity contribution in [1.82, 2.24) is 30.5 Å². The van der Waals surface area contributed by atoms with Gasteiger partial charge in [-0.15, -0.1) is 0 Å². The second kappa shape index (κ2) is 9.47. The number of aromatic amines is 1. The first-order chi connectivity index (χ1) is 16.6. The van der Waals surface area contributed by atoms with E-state index in [1.165, 1.54) is 24.7 Å². The van der Waals surface area contributed by atoms with E-state index >= 15 is 0 Å². The molecule has 0 aliphatic heterocycles. The Morgan fingerprint density at radius 1 is 1.12 bits per heavy atom. The van der Waals surface area contributed by atoms with Gasteiger partial charge in [0.05, 0.1) is 5.56 Å². The lowest BCUT2D eigenvalue weighted by Crippen LogP contribution is -2.43. The first-order valence-electron chi connectivity index (χ1n) is 11.6. The minimum absolute atomic E-state index is 0.101. The highest BCUT2D eigenvalue weighted by Gasteiger charge is 2.27. The summed E-state index contributed by atoms with van der Waals surface area (Å²) in [4.78, 5) is 27.8. The topological polar surface area (TPSA) is 136 Å². The molecule has 0 unspecified atom stereocenters. The Balaban J connectivity index is 1.14. The number of rotatable bonds is 7. The van der Waals surface area contributed by atoms with Crippen molar-refractivity contribution in [3.05, 3.63) is 53.6 Å². The predicted molar refractivity (Wildman–Crippen MR) is 127 cm³/mol. The fourth-order valence-corrected chi connectivity index (χ4v) is 4.35. The maximum Gasteiger partial charge on any atom is 0.270 e. The number of carbonyl (C=O) groups is 1. The summed E-state index contributed by atoms with van der Waals surface area (Å²) in [6.07, 6.45) is 9.21. The highest BCUT2D eigenvalue weighted by atomic mass is 16.1. The average Bonchev–Trinajstić information content (AvgIpc) is 3.63. The van der Waals surface area contributed by atoms with Gasteiger partial charge in [-0.2, -0.15) is 15.3 Å². The zero-order valence-corrected chi connectivity index (χ0v) is 19.0. The standard InChI is InChI=1S/C24H27N9O/c1-33(24-26-11-10-21(30-24)29-22-12-20(31-32-22)16-3-4-16)18-7-5-17(6-8-18)28-23(34)19-9-2-15(13-25)14-27-19/h2,9-12,14,16-18H,3-8H2,1H3,(H,28,34)(H2,26,29,30,31,32). The Morgan fingerprint density at radius 3 is 2.65 bits per heavy atom. The molecule has 2 aliphatic carbocycles. The van der Waals surface area contributed by atoms with Crippen LogP contribution in [0.2, 0.25) is 0 Å². The zero-order valence-electron chi connectivity index (χ0n) is 19.0. The maximum absolute atomic E-state index is 12.5. The normalized spacial score (nSPS) is 19.8. The van der Waals surface area contributed by atoms with Gasteiger partial charge in [0.25, 0.3) is 5.91 Å². The fraction of sp³-hybridized carbons (Fsp3) is 0.417. The first kappa shape index (κ1) is 21.8. The van der Waals surface area contributed by atoms with E-state index in [4.69, 9.17) is 5.26 Å². The van der Waals surface area contributed by atoms with Crippen molar-refractivity contribution in [2.24, 2.45) is 0 Å². The summed E-state index contributed by atoms with van der Waals surface area (Å²) in [6, 6.07) is 9.48. The zero-order chi connectivity index (χ0) is 23.5. The second-order valence-electron chi connectivity index (χ2n) is 8.98. The molecule has 5 rings (SSSR count). The molecule has 1 amide bonds. The Hall–Kier alpha value is -4.00. The van der Waals surface area contributed by atoms with Crippen LogP contribution in [0.5, 0.6) is 0 Å². The average molecular weight is 458 g/mol. The Morgan fingerprint density at radius 2 is 1.94 bits per heavy atom. The third-order valence-electron chi connectivity index (χ3n) is 6.53. The van der Waals surface area contributed by atoms with Crippen molar-refractivity contribution in [3.63, 3.8) is 0 Å². The molecule has 0 bridgehead atoms. The van der Waals surface area contributed by atoms with Gasteiger partial charge < -0.3 is 15.5 Å². The van der Waals surface area contributed by atoms with Gasteiger partial charge in [-0.05, 0) is 56.7 Å². The van der Waals surface area contributed by atoms with E-state index in [1.807, 2.05) is 25.2 Å². The van der Waals surface area contributed by atoms with E-state index in [2.05, 4.69) is 40.7 Å². The highest BCUT2D eigenvalue weighted by molar-refractivity contribution is 5.92. The van der Waals surface area contributed by atoms with Crippen molar-refractivity contribution >= 4 is 23.5 Å². The summed E-state index contributed by atoms with van der Waals surface area (Å²) >= 11 is 0. The van der Waals surface area contributed by atoms with E-state index < -0.39 is 0 Å². The summed E-state index contributed by atoms with van der Waals surface area (Å²) in [5.41, 5.74) is 1.94. The lowest BCUT2D eigenvalue weighted by Gasteiger charge is -2.35. The van der Waals surface area contributed by atoms with Crippen LogP contribution in [-0.4, -0.2) is 50.2 Å². The number of H-pyrrole nitrogens is 1. The van der Waals surface area contributed by atoms with Crippen LogP contribution in [0, 0.1) is 11.3 Å². The van der Waals surface area contributed by atoms with Gasteiger partial charge in [0.15, 0.2) is 5.82 Å². The van der Waals surface area contributed by atoms with Crippen LogP contribution in [-0.2, 0) is 0 Å². The van der Waals surface area contributed by atoms with Gasteiger partial charge in [0.2, 0.25) is 5.95 Å². The van der Waals surface area contributed by atoms with Crippen LogP contribution in [0.1, 0.15) is 66.2 Å². The second-order valence-corrected chi connectivity index (χ2v) is 8.98. The molecular weight excluding hydrogens is 430 g/mol. The molecule has 2 aliphatic rings. The molecule has 0 aromatic carbocycles. The molecule has 0 radical (unpaired) electrons. The number of pyridine rings is 1. The number of amides is 1. The minimum atomic E-state index is -0.202. The van der Waals surface area contributed by atoms with E-state index in [9.17, 15) is 4.79 Å². The lowest BCUT2D eigenvalue weighted by atomic mass is 9.90. The van der Waals surface area contributed by atoms with Crippen LogP contribution in [0.15, 0.2) is 36.7 Å². The molecule has 0 spiro atoms. The van der Waals surface area contributed by atoms with E-state index in [-0.39, 0.29) is 11.9 Å². The third-order valence-corrected chi connectivity index (χ3v) is 6.53. The number of nitriles is 1. The van der Waals surface area contributed by atoms with E-state index in [0.29, 0.717) is 35.0 Å². The Labute approximate surface area is 197 Å². The van der Waals surface area contributed by atoms with Gasteiger partial charge in [-0.3, -0.25) is 9.89 Å². The number of carbonyl (C=O) groups excluding carboxylic acids is 1. The Bertz CT molecular complexity index is 1190. The van der Waals surface area contributed by atoms with Gasteiger partial charge in [0.1, 0.15) is 17.6 Å². The number of aromatic nitrogens is 5. The maximum atomic E-state index is 12.5. The summed E-state index contributed by atoms with van der Waals surface area (Å²) in [5.74, 6) is 2.56. The molecule has 10 heteroatoms. The third kappa shape index (κ3) is 4.98. The van der Waals surface area contributed by atoms with Crippen molar-refractivity contribution in [3.8, 4) is 6.07 Å². The number of hydrogen-bond acceptors (Lipinski definition) is 8. The summed E-state index contributed by atoms with van der Waals surface area (Å²) in [6.45, 7) is 0. The summed E-state index contributed by atoms with van der Waals surface area (Å²) in [5, 5.41) is 22.6. The van der Waals surface area contributed by atoms with Crippen molar-refractivity contribution in [2.75, 3.05) is 17.3 Å². The van der Waals surface area contributed by atoms with Crippen LogP contribution in [0.25, 0.3) is 0 Å². The molecule has 2 fully saturated rings. The van der Waals surface area contributed by atoms with Gasteiger partial charge >= 0.3 is 0 Å².